The number of aromatic nitrogens is 1. The molecule has 0 spiro atoms. The fourth-order valence-corrected chi connectivity index (χ4v) is 2.06. The number of hydrogen-bond donors (Lipinski definition) is 1. The van der Waals surface area contributed by atoms with Crippen molar-refractivity contribution in [3.63, 3.8) is 0 Å². The van der Waals surface area contributed by atoms with Crippen LogP contribution < -0.4 is 4.90 Å². The molecule has 1 aromatic rings. The maximum absolute atomic E-state index is 8.93. The van der Waals surface area contributed by atoms with Crippen LogP contribution in [0.15, 0.2) is 10.7 Å². The molecule has 0 bridgehead atoms. The third-order valence-electron chi connectivity index (χ3n) is 3.00. The first kappa shape index (κ1) is 10.5. The van der Waals surface area contributed by atoms with E-state index in [1.807, 2.05) is 0 Å². The molecular formula is C11H18N2O2. The second kappa shape index (κ2) is 4.66. The molecule has 0 radical (unpaired) electrons. The molecule has 1 aliphatic heterocycles. The third kappa shape index (κ3) is 2.31. The molecule has 1 atom stereocenters. The third-order valence-corrected chi connectivity index (χ3v) is 3.00. The minimum atomic E-state index is -0.0499. The Labute approximate surface area is 89.9 Å². The summed E-state index contributed by atoms with van der Waals surface area (Å²) in [4.78, 5) is 6.45. The van der Waals surface area contributed by atoms with Crippen LogP contribution >= 0.6 is 0 Å². The summed E-state index contributed by atoms with van der Waals surface area (Å²) in [5, 5.41) is 8.93. The van der Waals surface area contributed by atoms with Gasteiger partial charge in [0.15, 0.2) is 0 Å². The fourth-order valence-electron chi connectivity index (χ4n) is 2.06. The Morgan fingerprint density at radius 2 is 2.40 bits per heavy atom. The van der Waals surface area contributed by atoms with Gasteiger partial charge < -0.3 is 14.4 Å². The molecule has 0 aliphatic carbocycles. The average molecular weight is 210 g/mol. The van der Waals surface area contributed by atoms with Gasteiger partial charge in [0.25, 0.3) is 6.01 Å². The lowest BCUT2D eigenvalue weighted by molar-refractivity contribution is 0.276. The van der Waals surface area contributed by atoms with Crippen molar-refractivity contribution in [2.24, 2.45) is 0 Å². The van der Waals surface area contributed by atoms with Crippen LogP contribution in [0.3, 0.4) is 0 Å². The molecule has 0 aromatic carbocycles. The average Bonchev–Trinajstić information content (AvgIpc) is 2.62. The van der Waals surface area contributed by atoms with E-state index < -0.39 is 0 Å². The number of aliphatic hydroxyl groups excluding tert-OH is 1. The van der Waals surface area contributed by atoms with Crippen molar-refractivity contribution >= 4 is 6.01 Å². The molecule has 2 rings (SSSR count). The first-order valence-electron chi connectivity index (χ1n) is 5.63. The summed E-state index contributed by atoms with van der Waals surface area (Å²) in [7, 11) is 0. The molecule has 1 unspecified atom stereocenters. The van der Waals surface area contributed by atoms with Crippen LogP contribution in [0.2, 0.25) is 0 Å². The van der Waals surface area contributed by atoms with Gasteiger partial charge in [0, 0.05) is 12.6 Å². The summed E-state index contributed by atoms with van der Waals surface area (Å²) >= 11 is 0. The van der Waals surface area contributed by atoms with Crippen molar-refractivity contribution in [1.82, 2.24) is 4.98 Å². The van der Waals surface area contributed by atoms with Gasteiger partial charge in [-0.2, -0.15) is 4.98 Å². The van der Waals surface area contributed by atoms with E-state index in [1.165, 1.54) is 31.9 Å². The summed E-state index contributed by atoms with van der Waals surface area (Å²) in [6.45, 7) is 3.16. The summed E-state index contributed by atoms with van der Waals surface area (Å²) in [6.07, 6.45) is 6.49. The van der Waals surface area contributed by atoms with Gasteiger partial charge in [0.1, 0.15) is 12.0 Å². The lowest BCUT2D eigenvalue weighted by Crippen LogP contribution is -2.32. The Morgan fingerprint density at radius 1 is 1.53 bits per heavy atom. The molecule has 1 aromatic heterocycles. The van der Waals surface area contributed by atoms with Crippen molar-refractivity contribution in [3.8, 4) is 0 Å². The molecule has 2 heterocycles. The number of nitrogens with zero attached hydrogens (tertiary/aromatic N) is 2. The summed E-state index contributed by atoms with van der Waals surface area (Å²) in [5.41, 5.74) is 0.612. The quantitative estimate of drug-likeness (QED) is 0.810. The Balaban J connectivity index is 2.12. The normalized spacial score (nSPS) is 22.8. The largest absolute Gasteiger partial charge is 0.432 e. The maximum atomic E-state index is 8.93. The Morgan fingerprint density at radius 3 is 3.13 bits per heavy atom. The predicted molar refractivity (Wildman–Crippen MR) is 57.7 cm³/mol. The standard InChI is InChI=1S/C11H18N2O2/c1-9-5-3-2-4-6-13(9)11-12-10(7-14)8-15-11/h8-9,14H,2-7H2,1H3. The maximum Gasteiger partial charge on any atom is 0.297 e. The van der Waals surface area contributed by atoms with E-state index in [0.29, 0.717) is 17.8 Å². The number of anilines is 1. The van der Waals surface area contributed by atoms with E-state index >= 15 is 0 Å². The zero-order chi connectivity index (χ0) is 10.7. The van der Waals surface area contributed by atoms with Crippen LogP contribution in [0.25, 0.3) is 0 Å². The fraction of sp³-hybridized carbons (Fsp3) is 0.727. The molecule has 1 saturated heterocycles. The highest BCUT2D eigenvalue weighted by Gasteiger charge is 2.21. The Bertz CT molecular complexity index is 311. The summed E-state index contributed by atoms with van der Waals surface area (Å²) in [5.74, 6) is 0. The minimum Gasteiger partial charge on any atom is -0.432 e. The molecule has 4 heteroatoms. The SMILES string of the molecule is CC1CCCCCN1c1nc(CO)co1. The predicted octanol–water partition coefficient (Wildman–Crippen LogP) is 1.94. The first-order valence-corrected chi connectivity index (χ1v) is 5.63. The molecule has 15 heavy (non-hydrogen) atoms. The van der Waals surface area contributed by atoms with Crippen LogP contribution in [0.1, 0.15) is 38.3 Å². The lowest BCUT2D eigenvalue weighted by Gasteiger charge is -2.24. The van der Waals surface area contributed by atoms with E-state index in [0.717, 1.165) is 6.54 Å². The van der Waals surface area contributed by atoms with Crippen molar-refractivity contribution in [1.29, 1.82) is 0 Å². The van der Waals surface area contributed by atoms with Gasteiger partial charge in [-0.15, -0.1) is 0 Å². The van der Waals surface area contributed by atoms with Crippen LogP contribution in [-0.4, -0.2) is 22.7 Å². The van der Waals surface area contributed by atoms with E-state index in [2.05, 4.69) is 16.8 Å². The molecule has 0 saturated carbocycles. The number of rotatable bonds is 2. The number of hydrogen-bond acceptors (Lipinski definition) is 4. The monoisotopic (exact) mass is 210 g/mol. The molecule has 4 nitrogen and oxygen atoms in total. The highest BCUT2D eigenvalue weighted by molar-refractivity contribution is 5.28. The van der Waals surface area contributed by atoms with E-state index in [-0.39, 0.29) is 6.61 Å². The topological polar surface area (TPSA) is 49.5 Å². The van der Waals surface area contributed by atoms with Crippen LogP contribution in [-0.2, 0) is 6.61 Å². The van der Waals surface area contributed by atoms with E-state index in [9.17, 15) is 0 Å². The van der Waals surface area contributed by atoms with Crippen molar-refractivity contribution in [2.75, 3.05) is 11.4 Å². The molecular weight excluding hydrogens is 192 g/mol. The van der Waals surface area contributed by atoms with Gasteiger partial charge in [0.2, 0.25) is 0 Å². The molecule has 0 amide bonds. The molecule has 1 N–H and O–H groups in total. The zero-order valence-electron chi connectivity index (χ0n) is 9.15. The van der Waals surface area contributed by atoms with Gasteiger partial charge in [-0.1, -0.05) is 12.8 Å². The van der Waals surface area contributed by atoms with Gasteiger partial charge in [-0.05, 0) is 19.8 Å². The number of aliphatic hydroxyl groups is 1. The van der Waals surface area contributed by atoms with E-state index in [4.69, 9.17) is 9.52 Å². The van der Waals surface area contributed by atoms with Crippen molar-refractivity contribution in [3.05, 3.63) is 12.0 Å². The summed E-state index contributed by atoms with van der Waals surface area (Å²) < 4.78 is 5.38. The van der Waals surface area contributed by atoms with Crippen LogP contribution in [0.5, 0.6) is 0 Å². The highest BCUT2D eigenvalue weighted by Crippen LogP contribution is 2.23. The smallest absolute Gasteiger partial charge is 0.297 e. The lowest BCUT2D eigenvalue weighted by atomic mass is 10.1. The molecule has 1 aliphatic rings. The van der Waals surface area contributed by atoms with Gasteiger partial charge in [-0.25, -0.2) is 0 Å². The van der Waals surface area contributed by atoms with Gasteiger partial charge >= 0.3 is 0 Å². The van der Waals surface area contributed by atoms with Gasteiger partial charge in [-0.3, -0.25) is 0 Å². The zero-order valence-corrected chi connectivity index (χ0v) is 9.15. The first-order chi connectivity index (χ1) is 7.31. The Hall–Kier alpha value is -1.03. The molecule has 84 valence electrons. The summed E-state index contributed by atoms with van der Waals surface area (Å²) in [6, 6.07) is 1.14. The molecule has 1 fully saturated rings. The Kier molecular flexibility index (Phi) is 3.26. The van der Waals surface area contributed by atoms with Crippen molar-refractivity contribution in [2.45, 2.75) is 45.3 Å². The highest BCUT2D eigenvalue weighted by atomic mass is 16.4. The number of oxazole rings is 1. The van der Waals surface area contributed by atoms with Gasteiger partial charge in [0.05, 0.1) is 6.61 Å². The van der Waals surface area contributed by atoms with E-state index in [1.54, 1.807) is 0 Å². The second-order valence-electron chi connectivity index (χ2n) is 4.17. The second-order valence-corrected chi connectivity index (χ2v) is 4.17. The van der Waals surface area contributed by atoms with Crippen LogP contribution in [0, 0.1) is 0 Å². The van der Waals surface area contributed by atoms with Crippen LogP contribution in [0.4, 0.5) is 6.01 Å². The van der Waals surface area contributed by atoms with Crippen molar-refractivity contribution < 1.29 is 9.52 Å². The minimum absolute atomic E-state index is 0.0499.